The van der Waals surface area contributed by atoms with Crippen molar-refractivity contribution >= 4 is 6.09 Å². The van der Waals surface area contributed by atoms with Crippen LogP contribution in [-0.4, -0.2) is 42.8 Å². The SMILES string of the molecule is CN[C@@H]1CCCC[C@@H]1N(C)C(=O)OC(C)(C)C. The van der Waals surface area contributed by atoms with Crippen LogP contribution in [0.1, 0.15) is 46.5 Å². The number of rotatable bonds is 2. The van der Waals surface area contributed by atoms with Gasteiger partial charge in [0.1, 0.15) is 5.60 Å². The van der Waals surface area contributed by atoms with Gasteiger partial charge in [-0.2, -0.15) is 0 Å². The molecule has 100 valence electrons. The summed E-state index contributed by atoms with van der Waals surface area (Å²) >= 11 is 0. The maximum absolute atomic E-state index is 12.0. The van der Waals surface area contributed by atoms with Gasteiger partial charge in [0.05, 0.1) is 0 Å². The Hall–Kier alpha value is -0.770. The van der Waals surface area contributed by atoms with Crippen molar-refractivity contribution in [2.24, 2.45) is 0 Å². The highest BCUT2D eigenvalue weighted by atomic mass is 16.6. The molecule has 0 spiro atoms. The summed E-state index contributed by atoms with van der Waals surface area (Å²) < 4.78 is 5.40. The Morgan fingerprint density at radius 3 is 2.41 bits per heavy atom. The van der Waals surface area contributed by atoms with Gasteiger partial charge in [0.15, 0.2) is 0 Å². The monoisotopic (exact) mass is 242 g/mol. The Labute approximate surface area is 105 Å². The van der Waals surface area contributed by atoms with Gasteiger partial charge in [0, 0.05) is 19.1 Å². The van der Waals surface area contributed by atoms with Crippen molar-refractivity contribution in [1.82, 2.24) is 10.2 Å². The Balaban J connectivity index is 2.60. The summed E-state index contributed by atoms with van der Waals surface area (Å²) in [6.45, 7) is 5.69. The van der Waals surface area contributed by atoms with Gasteiger partial charge in [-0.1, -0.05) is 12.8 Å². The highest BCUT2D eigenvalue weighted by Gasteiger charge is 2.31. The number of ether oxygens (including phenoxy) is 1. The lowest BCUT2D eigenvalue weighted by molar-refractivity contribution is 0.0152. The first-order valence-electron chi connectivity index (χ1n) is 6.48. The first-order chi connectivity index (χ1) is 7.85. The van der Waals surface area contributed by atoms with E-state index in [-0.39, 0.29) is 12.1 Å². The van der Waals surface area contributed by atoms with Gasteiger partial charge in [0.25, 0.3) is 0 Å². The highest BCUT2D eigenvalue weighted by Crippen LogP contribution is 2.23. The Bertz CT molecular complexity index is 261. The van der Waals surface area contributed by atoms with Crippen molar-refractivity contribution in [2.75, 3.05) is 14.1 Å². The van der Waals surface area contributed by atoms with E-state index < -0.39 is 5.60 Å². The summed E-state index contributed by atoms with van der Waals surface area (Å²) in [5.74, 6) is 0. The Morgan fingerprint density at radius 1 is 1.29 bits per heavy atom. The smallest absolute Gasteiger partial charge is 0.410 e. The van der Waals surface area contributed by atoms with Crippen LogP contribution in [0.2, 0.25) is 0 Å². The van der Waals surface area contributed by atoms with E-state index in [0.717, 1.165) is 12.8 Å². The van der Waals surface area contributed by atoms with Gasteiger partial charge in [-0.25, -0.2) is 4.79 Å². The van der Waals surface area contributed by atoms with E-state index in [1.54, 1.807) is 4.90 Å². The van der Waals surface area contributed by atoms with Gasteiger partial charge in [-0.15, -0.1) is 0 Å². The van der Waals surface area contributed by atoms with Gasteiger partial charge < -0.3 is 15.0 Å². The van der Waals surface area contributed by atoms with E-state index in [1.807, 2.05) is 34.9 Å². The van der Waals surface area contributed by atoms with Crippen molar-refractivity contribution in [3.05, 3.63) is 0 Å². The minimum absolute atomic E-state index is 0.218. The summed E-state index contributed by atoms with van der Waals surface area (Å²) in [5.41, 5.74) is -0.421. The summed E-state index contributed by atoms with van der Waals surface area (Å²) in [5, 5.41) is 3.30. The van der Waals surface area contributed by atoms with Crippen LogP contribution in [-0.2, 0) is 4.74 Å². The third-order valence-corrected chi connectivity index (χ3v) is 3.28. The van der Waals surface area contributed by atoms with Gasteiger partial charge >= 0.3 is 6.09 Å². The van der Waals surface area contributed by atoms with E-state index in [4.69, 9.17) is 4.74 Å². The standard InChI is InChI=1S/C13H26N2O2/c1-13(2,3)17-12(16)15(5)11-9-7-6-8-10(11)14-4/h10-11,14H,6-9H2,1-5H3/t10-,11+/m1/s1. The van der Waals surface area contributed by atoms with Crippen molar-refractivity contribution in [3.63, 3.8) is 0 Å². The molecule has 1 saturated carbocycles. The summed E-state index contributed by atoms with van der Waals surface area (Å²) in [4.78, 5) is 13.8. The number of nitrogens with zero attached hydrogens (tertiary/aromatic N) is 1. The number of carbonyl (C=O) groups is 1. The second-order valence-electron chi connectivity index (χ2n) is 5.84. The van der Waals surface area contributed by atoms with Crippen LogP contribution in [0.3, 0.4) is 0 Å². The molecule has 1 fully saturated rings. The third-order valence-electron chi connectivity index (χ3n) is 3.28. The topological polar surface area (TPSA) is 41.6 Å². The second kappa shape index (κ2) is 5.71. The lowest BCUT2D eigenvalue weighted by Gasteiger charge is -2.38. The number of hydrogen-bond donors (Lipinski definition) is 1. The Morgan fingerprint density at radius 2 is 1.88 bits per heavy atom. The van der Waals surface area contributed by atoms with E-state index in [1.165, 1.54) is 12.8 Å². The predicted octanol–water partition coefficient (Wildman–Crippen LogP) is 2.38. The maximum atomic E-state index is 12.0. The Kier molecular flexibility index (Phi) is 4.80. The van der Waals surface area contributed by atoms with Crippen molar-refractivity contribution < 1.29 is 9.53 Å². The molecule has 0 unspecified atom stereocenters. The molecule has 0 bridgehead atoms. The highest BCUT2D eigenvalue weighted by molar-refractivity contribution is 5.68. The normalized spacial score (nSPS) is 25.5. The zero-order chi connectivity index (χ0) is 13.1. The summed E-state index contributed by atoms with van der Waals surface area (Å²) in [7, 11) is 3.81. The first-order valence-corrected chi connectivity index (χ1v) is 6.48. The molecule has 2 atom stereocenters. The summed E-state index contributed by atoms with van der Waals surface area (Å²) in [6.07, 6.45) is 4.40. The molecule has 0 aromatic heterocycles. The minimum atomic E-state index is -0.421. The van der Waals surface area contributed by atoms with Crippen molar-refractivity contribution in [3.8, 4) is 0 Å². The molecule has 0 aromatic rings. The number of carbonyl (C=O) groups excluding carboxylic acids is 1. The molecule has 0 aliphatic heterocycles. The molecule has 1 N–H and O–H groups in total. The molecule has 17 heavy (non-hydrogen) atoms. The number of amides is 1. The van der Waals surface area contributed by atoms with Crippen molar-refractivity contribution in [2.45, 2.75) is 64.1 Å². The molecular formula is C13H26N2O2. The third kappa shape index (κ3) is 4.19. The molecule has 0 heterocycles. The van der Waals surface area contributed by atoms with Crippen LogP contribution in [0.4, 0.5) is 4.79 Å². The zero-order valence-corrected chi connectivity index (χ0v) is 11.7. The van der Waals surface area contributed by atoms with Crippen molar-refractivity contribution in [1.29, 1.82) is 0 Å². The number of hydrogen-bond acceptors (Lipinski definition) is 3. The molecule has 4 nitrogen and oxygen atoms in total. The fourth-order valence-electron chi connectivity index (χ4n) is 2.38. The van der Waals surface area contributed by atoms with E-state index in [9.17, 15) is 4.79 Å². The zero-order valence-electron chi connectivity index (χ0n) is 11.7. The van der Waals surface area contributed by atoms with Crippen LogP contribution in [0, 0.1) is 0 Å². The average molecular weight is 242 g/mol. The van der Waals surface area contributed by atoms with Crippen LogP contribution >= 0.6 is 0 Å². The molecule has 0 radical (unpaired) electrons. The van der Waals surface area contributed by atoms with Crippen LogP contribution in [0.25, 0.3) is 0 Å². The molecule has 1 aliphatic rings. The van der Waals surface area contributed by atoms with E-state index in [0.29, 0.717) is 6.04 Å². The quantitative estimate of drug-likeness (QED) is 0.808. The largest absolute Gasteiger partial charge is 0.444 e. The van der Waals surface area contributed by atoms with Crippen LogP contribution < -0.4 is 5.32 Å². The fraction of sp³-hybridized carbons (Fsp3) is 0.923. The van der Waals surface area contributed by atoms with E-state index in [2.05, 4.69) is 5.32 Å². The molecule has 0 saturated heterocycles. The van der Waals surface area contributed by atoms with E-state index >= 15 is 0 Å². The molecule has 4 heteroatoms. The minimum Gasteiger partial charge on any atom is -0.444 e. The van der Waals surface area contributed by atoms with Crippen LogP contribution in [0.15, 0.2) is 0 Å². The predicted molar refractivity (Wildman–Crippen MR) is 69.1 cm³/mol. The number of nitrogens with one attached hydrogen (secondary N) is 1. The molecule has 1 aliphatic carbocycles. The lowest BCUT2D eigenvalue weighted by atomic mass is 9.89. The van der Waals surface area contributed by atoms with Gasteiger partial charge in [-0.3, -0.25) is 0 Å². The maximum Gasteiger partial charge on any atom is 0.410 e. The molecule has 1 rings (SSSR count). The van der Waals surface area contributed by atoms with Gasteiger partial charge in [-0.05, 0) is 40.7 Å². The fourth-order valence-corrected chi connectivity index (χ4v) is 2.38. The van der Waals surface area contributed by atoms with Crippen LogP contribution in [0.5, 0.6) is 0 Å². The summed E-state index contributed by atoms with van der Waals surface area (Å²) in [6, 6.07) is 0.643. The average Bonchev–Trinajstić information content (AvgIpc) is 2.25. The molecule has 1 amide bonds. The first kappa shape index (κ1) is 14.3. The van der Waals surface area contributed by atoms with Gasteiger partial charge in [0.2, 0.25) is 0 Å². The molecular weight excluding hydrogens is 216 g/mol. The molecule has 0 aromatic carbocycles. The lowest BCUT2D eigenvalue weighted by Crippen LogP contribution is -2.52. The second-order valence-corrected chi connectivity index (χ2v) is 5.84. The number of likely N-dealkylation sites (N-methyl/N-ethyl adjacent to an activating group) is 2.